The molecule has 0 bridgehead atoms. The average Bonchev–Trinajstić information content (AvgIpc) is 2.99. The van der Waals surface area contributed by atoms with Gasteiger partial charge in [0.2, 0.25) is 0 Å². The topological polar surface area (TPSA) is 57.6 Å². The molecular weight excluding hydrogens is 362 g/mol. The fourth-order valence-corrected chi connectivity index (χ4v) is 3.66. The smallest absolute Gasteiger partial charge is 0.262 e. The van der Waals surface area contributed by atoms with Gasteiger partial charge >= 0.3 is 0 Å². The SMILES string of the molecule is O=C1/C(=C(\O)c2ccccc2)C(=O)N(Cc2ccccc2)[C@@H]1Cc1ccccc1. The van der Waals surface area contributed by atoms with Crippen molar-refractivity contribution in [1.82, 2.24) is 4.90 Å². The number of hydrogen-bond donors (Lipinski definition) is 1. The van der Waals surface area contributed by atoms with Crippen molar-refractivity contribution < 1.29 is 14.7 Å². The summed E-state index contributed by atoms with van der Waals surface area (Å²) in [4.78, 5) is 28.0. The van der Waals surface area contributed by atoms with Gasteiger partial charge in [-0.1, -0.05) is 91.0 Å². The molecule has 3 aromatic carbocycles. The van der Waals surface area contributed by atoms with Gasteiger partial charge in [0.15, 0.2) is 5.78 Å². The number of aliphatic hydroxyl groups excluding tert-OH is 1. The van der Waals surface area contributed by atoms with Crippen LogP contribution >= 0.6 is 0 Å². The first-order valence-corrected chi connectivity index (χ1v) is 9.57. The summed E-state index contributed by atoms with van der Waals surface area (Å²) in [6, 6.07) is 27.3. The third-order valence-electron chi connectivity index (χ3n) is 5.15. The second-order valence-corrected chi connectivity index (χ2v) is 7.08. The second-order valence-electron chi connectivity index (χ2n) is 7.08. The average molecular weight is 383 g/mol. The monoisotopic (exact) mass is 383 g/mol. The zero-order valence-electron chi connectivity index (χ0n) is 15.9. The van der Waals surface area contributed by atoms with E-state index in [2.05, 4.69) is 0 Å². The summed E-state index contributed by atoms with van der Waals surface area (Å²) in [5.74, 6) is -1.02. The minimum Gasteiger partial charge on any atom is -0.506 e. The van der Waals surface area contributed by atoms with Gasteiger partial charge in [-0.05, 0) is 11.1 Å². The first-order valence-electron chi connectivity index (χ1n) is 9.57. The number of likely N-dealkylation sites (tertiary alicyclic amines) is 1. The molecule has 3 aromatic rings. The summed E-state index contributed by atoms with van der Waals surface area (Å²) in [5.41, 5.74) is 2.24. The number of carbonyl (C=O) groups excluding carboxylic acids is 2. The van der Waals surface area contributed by atoms with Crippen LogP contribution in [0, 0.1) is 0 Å². The van der Waals surface area contributed by atoms with E-state index in [0.717, 1.165) is 11.1 Å². The molecule has 1 atom stereocenters. The molecule has 1 heterocycles. The van der Waals surface area contributed by atoms with E-state index in [-0.39, 0.29) is 17.1 Å². The highest BCUT2D eigenvalue weighted by atomic mass is 16.3. The Kier molecular flexibility index (Phi) is 5.25. The Bertz CT molecular complexity index is 982. The molecule has 1 N–H and O–H groups in total. The number of carbonyl (C=O) groups is 2. The summed E-state index contributed by atoms with van der Waals surface area (Å²) >= 11 is 0. The molecule has 0 aromatic heterocycles. The molecule has 0 aliphatic carbocycles. The normalized spacial score (nSPS) is 18.2. The van der Waals surface area contributed by atoms with Crippen molar-refractivity contribution in [3.8, 4) is 0 Å². The highest BCUT2D eigenvalue weighted by Crippen LogP contribution is 2.30. The molecule has 4 rings (SSSR count). The lowest BCUT2D eigenvalue weighted by molar-refractivity contribution is -0.127. The highest BCUT2D eigenvalue weighted by Gasteiger charge is 2.45. The van der Waals surface area contributed by atoms with Crippen LogP contribution in [0.4, 0.5) is 0 Å². The van der Waals surface area contributed by atoms with Crippen LogP contribution in [0.2, 0.25) is 0 Å². The second kappa shape index (κ2) is 8.15. The van der Waals surface area contributed by atoms with E-state index < -0.39 is 11.9 Å². The number of amides is 1. The molecule has 0 unspecified atom stereocenters. The van der Waals surface area contributed by atoms with E-state index in [4.69, 9.17) is 0 Å². The summed E-state index contributed by atoms with van der Waals surface area (Å²) in [6.45, 7) is 0.314. The number of Topliss-reactive ketones (excluding diaryl/α,β-unsaturated/α-hetero) is 1. The van der Waals surface area contributed by atoms with E-state index >= 15 is 0 Å². The standard InChI is InChI=1S/C25H21NO3/c27-23(20-14-8-3-9-15-20)22-24(28)21(16-18-10-4-1-5-11-18)26(25(22)29)17-19-12-6-2-7-13-19/h1-15,21,27H,16-17H2/b23-22+/t21-/m1/s1. The number of nitrogens with zero attached hydrogens (tertiary/aromatic N) is 1. The molecule has 4 heteroatoms. The number of aliphatic hydroxyl groups is 1. The van der Waals surface area contributed by atoms with Crippen molar-refractivity contribution in [2.24, 2.45) is 0 Å². The minimum atomic E-state index is -0.647. The van der Waals surface area contributed by atoms with E-state index in [1.54, 1.807) is 29.2 Å². The largest absolute Gasteiger partial charge is 0.506 e. The van der Waals surface area contributed by atoms with Crippen LogP contribution in [0.1, 0.15) is 16.7 Å². The first-order chi connectivity index (χ1) is 14.1. The van der Waals surface area contributed by atoms with E-state index in [1.165, 1.54) is 0 Å². The lowest BCUT2D eigenvalue weighted by Crippen LogP contribution is -2.36. The third kappa shape index (κ3) is 3.83. The number of ketones is 1. The van der Waals surface area contributed by atoms with Crippen molar-refractivity contribution in [2.45, 2.75) is 19.0 Å². The zero-order valence-corrected chi connectivity index (χ0v) is 15.9. The Morgan fingerprint density at radius 1 is 0.759 bits per heavy atom. The molecule has 0 radical (unpaired) electrons. The maximum atomic E-state index is 13.3. The molecule has 1 saturated heterocycles. The van der Waals surface area contributed by atoms with Crippen LogP contribution in [0.25, 0.3) is 5.76 Å². The van der Waals surface area contributed by atoms with Crippen LogP contribution in [0.3, 0.4) is 0 Å². The Labute approximate surface area is 169 Å². The Balaban J connectivity index is 1.74. The van der Waals surface area contributed by atoms with Crippen LogP contribution in [-0.4, -0.2) is 27.7 Å². The molecule has 1 aliphatic rings. The molecule has 1 aliphatic heterocycles. The summed E-state index contributed by atoms with van der Waals surface area (Å²) in [7, 11) is 0. The van der Waals surface area contributed by atoms with Crippen molar-refractivity contribution in [3.05, 3.63) is 113 Å². The van der Waals surface area contributed by atoms with Gasteiger partial charge in [-0.3, -0.25) is 9.59 Å². The fraction of sp³-hybridized carbons (Fsp3) is 0.120. The van der Waals surface area contributed by atoms with Gasteiger partial charge in [-0.25, -0.2) is 0 Å². The molecular formula is C25H21NO3. The molecule has 1 amide bonds. The van der Waals surface area contributed by atoms with Crippen LogP contribution in [-0.2, 0) is 22.6 Å². The predicted octanol–water partition coefficient (Wildman–Crippen LogP) is 4.18. The molecule has 1 fully saturated rings. The van der Waals surface area contributed by atoms with Gasteiger partial charge in [-0.2, -0.15) is 0 Å². The first kappa shape index (κ1) is 18.7. The molecule has 0 saturated carbocycles. The number of rotatable bonds is 5. The van der Waals surface area contributed by atoms with Crippen molar-refractivity contribution >= 4 is 17.4 Å². The van der Waals surface area contributed by atoms with Gasteiger partial charge in [0.05, 0.1) is 0 Å². The summed E-state index contributed by atoms with van der Waals surface area (Å²) in [5, 5.41) is 10.7. The molecule has 4 nitrogen and oxygen atoms in total. The Morgan fingerprint density at radius 3 is 1.86 bits per heavy atom. The van der Waals surface area contributed by atoms with Gasteiger partial charge in [0.25, 0.3) is 5.91 Å². The van der Waals surface area contributed by atoms with Gasteiger partial charge in [0.1, 0.15) is 17.4 Å². The summed E-state index contributed by atoms with van der Waals surface area (Å²) in [6.07, 6.45) is 0.407. The molecule has 0 spiro atoms. The third-order valence-corrected chi connectivity index (χ3v) is 5.15. The van der Waals surface area contributed by atoms with Crippen LogP contribution in [0.15, 0.2) is 96.6 Å². The van der Waals surface area contributed by atoms with Gasteiger partial charge in [0, 0.05) is 18.5 Å². The maximum Gasteiger partial charge on any atom is 0.262 e. The zero-order chi connectivity index (χ0) is 20.2. The molecule has 144 valence electrons. The molecule has 29 heavy (non-hydrogen) atoms. The lowest BCUT2D eigenvalue weighted by Gasteiger charge is -2.23. The number of benzene rings is 3. The highest BCUT2D eigenvalue weighted by molar-refractivity contribution is 6.30. The van der Waals surface area contributed by atoms with E-state index in [1.807, 2.05) is 66.7 Å². The van der Waals surface area contributed by atoms with E-state index in [9.17, 15) is 14.7 Å². The van der Waals surface area contributed by atoms with Crippen molar-refractivity contribution in [3.63, 3.8) is 0 Å². The van der Waals surface area contributed by atoms with Crippen molar-refractivity contribution in [2.75, 3.05) is 0 Å². The fourth-order valence-electron chi connectivity index (χ4n) is 3.66. The van der Waals surface area contributed by atoms with Crippen LogP contribution < -0.4 is 0 Å². The van der Waals surface area contributed by atoms with Gasteiger partial charge in [-0.15, -0.1) is 0 Å². The van der Waals surface area contributed by atoms with E-state index in [0.29, 0.717) is 18.5 Å². The van der Waals surface area contributed by atoms with Gasteiger partial charge < -0.3 is 10.0 Å². The summed E-state index contributed by atoms with van der Waals surface area (Å²) < 4.78 is 0. The predicted molar refractivity (Wildman–Crippen MR) is 112 cm³/mol. The maximum absolute atomic E-state index is 13.3. The minimum absolute atomic E-state index is 0.131. The van der Waals surface area contributed by atoms with Crippen LogP contribution in [0.5, 0.6) is 0 Å². The number of hydrogen-bond acceptors (Lipinski definition) is 3. The quantitative estimate of drug-likeness (QED) is 0.409. The Morgan fingerprint density at radius 2 is 1.28 bits per heavy atom. The lowest BCUT2D eigenvalue weighted by atomic mass is 9.99. The van der Waals surface area contributed by atoms with Crippen molar-refractivity contribution in [1.29, 1.82) is 0 Å². The Hall–Kier alpha value is -3.66.